The molecule has 1 aromatic heterocycles. The molecule has 3 heterocycles. The predicted molar refractivity (Wildman–Crippen MR) is 102 cm³/mol. The normalized spacial score (nSPS) is 21.3. The Balaban J connectivity index is 1.60. The maximum absolute atomic E-state index is 13.3. The van der Waals surface area contributed by atoms with Gasteiger partial charge in [-0.05, 0) is 37.6 Å². The van der Waals surface area contributed by atoms with Crippen LogP contribution in [0.15, 0.2) is 24.3 Å². The van der Waals surface area contributed by atoms with Gasteiger partial charge < -0.3 is 15.0 Å². The lowest BCUT2D eigenvalue weighted by Gasteiger charge is -2.32. The van der Waals surface area contributed by atoms with E-state index in [9.17, 15) is 4.79 Å². The second-order valence-electron chi connectivity index (χ2n) is 7.17. The van der Waals surface area contributed by atoms with E-state index in [1.54, 1.807) is 7.11 Å². The summed E-state index contributed by atoms with van der Waals surface area (Å²) in [5.41, 5.74) is 2.43. The van der Waals surface area contributed by atoms with Gasteiger partial charge in [-0.1, -0.05) is 0 Å². The summed E-state index contributed by atoms with van der Waals surface area (Å²) in [6.07, 6.45) is 1.05. The molecule has 1 unspecified atom stereocenters. The molecule has 0 bridgehead atoms. The van der Waals surface area contributed by atoms with Crippen LogP contribution in [0.25, 0.3) is 10.9 Å². The van der Waals surface area contributed by atoms with Crippen molar-refractivity contribution in [3.8, 4) is 5.75 Å². The fraction of sp³-hybridized carbons (Fsp3) is 0.500. The molecule has 0 radical (unpaired) electrons. The van der Waals surface area contributed by atoms with E-state index in [0.29, 0.717) is 6.04 Å². The van der Waals surface area contributed by atoms with Gasteiger partial charge in [0.15, 0.2) is 0 Å². The van der Waals surface area contributed by atoms with Crippen LogP contribution in [0.5, 0.6) is 5.75 Å². The molecule has 1 atom stereocenters. The van der Waals surface area contributed by atoms with Crippen LogP contribution < -0.4 is 10.1 Å². The molecule has 0 saturated carbocycles. The summed E-state index contributed by atoms with van der Waals surface area (Å²) < 4.78 is 5.34. The lowest BCUT2D eigenvalue weighted by atomic mass is 10.1. The number of carbonyl (C=O) groups excluding carboxylic acids is 1. The van der Waals surface area contributed by atoms with E-state index >= 15 is 0 Å². The SMILES string of the molecule is COc1ccc2nc(C)cc(C(=O)N3CCC(N4CCNCC4)C3)c2c1. The predicted octanol–water partition coefficient (Wildman–Crippen LogP) is 1.67. The number of nitrogens with one attached hydrogen (secondary N) is 1. The quantitative estimate of drug-likeness (QED) is 0.909. The van der Waals surface area contributed by atoms with Crippen molar-refractivity contribution in [3.05, 3.63) is 35.5 Å². The number of carbonyl (C=O) groups is 1. The average molecular weight is 354 g/mol. The number of rotatable bonds is 3. The Morgan fingerprint density at radius 3 is 2.81 bits per heavy atom. The molecule has 138 valence electrons. The van der Waals surface area contributed by atoms with E-state index in [0.717, 1.165) is 73.6 Å². The van der Waals surface area contributed by atoms with Gasteiger partial charge in [0.1, 0.15) is 5.75 Å². The molecule has 1 aromatic carbocycles. The number of likely N-dealkylation sites (tertiary alicyclic amines) is 1. The maximum Gasteiger partial charge on any atom is 0.254 e. The molecule has 1 N–H and O–H groups in total. The Bertz CT molecular complexity index is 817. The number of aryl methyl sites for hydroxylation is 1. The largest absolute Gasteiger partial charge is 0.497 e. The summed E-state index contributed by atoms with van der Waals surface area (Å²) in [6, 6.07) is 8.11. The van der Waals surface area contributed by atoms with Crippen molar-refractivity contribution in [2.45, 2.75) is 19.4 Å². The van der Waals surface area contributed by atoms with Gasteiger partial charge in [0, 0.05) is 56.4 Å². The fourth-order valence-corrected chi connectivity index (χ4v) is 4.08. The van der Waals surface area contributed by atoms with Crippen LogP contribution in [0, 0.1) is 6.92 Å². The summed E-state index contributed by atoms with van der Waals surface area (Å²) in [7, 11) is 1.64. The van der Waals surface area contributed by atoms with Crippen LogP contribution in [0.2, 0.25) is 0 Å². The number of methoxy groups -OCH3 is 1. The zero-order valence-corrected chi connectivity index (χ0v) is 15.5. The van der Waals surface area contributed by atoms with Gasteiger partial charge in [-0.25, -0.2) is 0 Å². The van der Waals surface area contributed by atoms with Crippen molar-refractivity contribution < 1.29 is 9.53 Å². The van der Waals surface area contributed by atoms with Crippen molar-refractivity contribution in [1.29, 1.82) is 0 Å². The molecule has 0 spiro atoms. The van der Waals surface area contributed by atoms with Gasteiger partial charge in [-0.2, -0.15) is 0 Å². The molecule has 2 fully saturated rings. The molecule has 2 aromatic rings. The van der Waals surface area contributed by atoms with E-state index in [2.05, 4.69) is 15.2 Å². The third-order valence-corrected chi connectivity index (χ3v) is 5.49. The standard InChI is InChI=1S/C20H26N4O2/c1-14-11-18(17-12-16(26-2)3-4-19(17)22-14)20(25)24-8-5-15(13-24)23-9-6-21-7-10-23/h3-4,11-12,15,21H,5-10,13H2,1-2H3. The minimum absolute atomic E-state index is 0.103. The summed E-state index contributed by atoms with van der Waals surface area (Å²) >= 11 is 0. The van der Waals surface area contributed by atoms with E-state index < -0.39 is 0 Å². The minimum Gasteiger partial charge on any atom is -0.497 e. The van der Waals surface area contributed by atoms with E-state index in [4.69, 9.17) is 4.74 Å². The van der Waals surface area contributed by atoms with Crippen LogP contribution in [0.4, 0.5) is 0 Å². The first-order valence-corrected chi connectivity index (χ1v) is 9.35. The van der Waals surface area contributed by atoms with Crippen LogP contribution in [0.3, 0.4) is 0 Å². The van der Waals surface area contributed by atoms with E-state index in [1.165, 1.54) is 0 Å². The Morgan fingerprint density at radius 1 is 1.23 bits per heavy atom. The van der Waals surface area contributed by atoms with Gasteiger partial charge in [-0.3, -0.25) is 14.7 Å². The highest BCUT2D eigenvalue weighted by molar-refractivity contribution is 6.06. The number of ether oxygens (including phenoxy) is 1. The summed E-state index contributed by atoms with van der Waals surface area (Å²) in [4.78, 5) is 22.4. The topological polar surface area (TPSA) is 57.7 Å². The number of hydrogen-bond acceptors (Lipinski definition) is 5. The molecule has 2 saturated heterocycles. The van der Waals surface area contributed by atoms with Crippen molar-refractivity contribution in [3.63, 3.8) is 0 Å². The molecule has 0 aliphatic carbocycles. The smallest absolute Gasteiger partial charge is 0.254 e. The Kier molecular flexibility index (Phi) is 4.78. The van der Waals surface area contributed by atoms with Crippen molar-refractivity contribution in [2.24, 2.45) is 0 Å². The van der Waals surface area contributed by atoms with Gasteiger partial charge in [-0.15, -0.1) is 0 Å². The number of fused-ring (bicyclic) bond motifs is 1. The highest BCUT2D eigenvalue weighted by Crippen LogP contribution is 2.26. The summed E-state index contributed by atoms with van der Waals surface area (Å²) in [6.45, 7) is 7.79. The van der Waals surface area contributed by atoms with E-state index in [1.807, 2.05) is 36.1 Å². The number of benzene rings is 1. The first-order valence-electron chi connectivity index (χ1n) is 9.35. The molecule has 4 rings (SSSR count). The maximum atomic E-state index is 13.3. The van der Waals surface area contributed by atoms with Crippen molar-refractivity contribution in [2.75, 3.05) is 46.4 Å². The molecular formula is C20H26N4O2. The third kappa shape index (κ3) is 3.27. The third-order valence-electron chi connectivity index (χ3n) is 5.49. The summed E-state index contributed by atoms with van der Waals surface area (Å²) in [5, 5.41) is 4.26. The van der Waals surface area contributed by atoms with Gasteiger partial charge in [0.25, 0.3) is 5.91 Å². The lowest BCUT2D eigenvalue weighted by molar-refractivity contribution is 0.0775. The fourth-order valence-electron chi connectivity index (χ4n) is 4.08. The average Bonchev–Trinajstić information content (AvgIpc) is 3.17. The molecular weight excluding hydrogens is 328 g/mol. The number of hydrogen-bond donors (Lipinski definition) is 1. The number of pyridine rings is 1. The number of nitrogens with zero attached hydrogens (tertiary/aromatic N) is 3. The molecule has 2 aliphatic rings. The molecule has 1 amide bonds. The highest BCUT2D eigenvalue weighted by Gasteiger charge is 2.32. The Labute approximate surface area is 154 Å². The monoisotopic (exact) mass is 354 g/mol. The second-order valence-corrected chi connectivity index (χ2v) is 7.17. The number of aromatic nitrogens is 1. The Hall–Kier alpha value is -2.18. The van der Waals surface area contributed by atoms with Gasteiger partial charge in [0.05, 0.1) is 18.2 Å². The first-order chi connectivity index (χ1) is 12.7. The minimum atomic E-state index is 0.103. The van der Waals surface area contributed by atoms with Gasteiger partial charge in [0.2, 0.25) is 0 Å². The van der Waals surface area contributed by atoms with Crippen LogP contribution in [-0.4, -0.2) is 73.1 Å². The van der Waals surface area contributed by atoms with Crippen LogP contribution >= 0.6 is 0 Å². The molecule has 26 heavy (non-hydrogen) atoms. The van der Waals surface area contributed by atoms with Crippen LogP contribution in [-0.2, 0) is 0 Å². The Morgan fingerprint density at radius 2 is 2.04 bits per heavy atom. The second kappa shape index (κ2) is 7.21. The number of amides is 1. The number of piperazine rings is 1. The van der Waals surface area contributed by atoms with Crippen LogP contribution in [0.1, 0.15) is 22.5 Å². The zero-order chi connectivity index (χ0) is 18.1. The van der Waals surface area contributed by atoms with E-state index in [-0.39, 0.29) is 5.91 Å². The first kappa shape index (κ1) is 17.2. The van der Waals surface area contributed by atoms with Crippen molar-refractivity contribution in [1.82, 2.24) is 20.1 Å². The highest BCUT2D eigenvalue weighted by atomic mass is 16.5. The molecule has 6 nitrogen and oxygen atoms in total. The molecule has 2 aliphatic heterocycles. The van der Waals surface area contributed by atoms with Crippen molar-refractivity contribution >= 4 is 16.8 Å². The van der Waals surface area contributed by atoms with Gasteiger partial charge >= 0.3 is 0 Å². The summed E-state index contributed by atoms with van der Waals surface area (Å²) in [5.74, 6) is 0.851. The lowest BCUT2D eigenvalue weighted by Crippen LogP contribution is -2.49. The zero-order valence-electron chi connectivity index (χ0n) is 15.5. The molecule has 6 heteroatoms.